The zero-order valence-corrected chi connectivity index (χ0v) is 11.6. The Labute approximate surface area is 118 Å². The molecule has 2 atom stereocenters. The Kier molecular flexibility index (Phi) is 4.52. The van der Waals surface area contributed by atoms with E-state index in [0.717, 1.165) is 12.0 Å². The highest BCUT2D eigenvalue weighted by Crippen LogP contribution is 2.24. The molecule has 0 amide bonds. The van der Waals surface area contributed by atoms with E-state index in [4.69, 9.17) is 10.5 Å². The minimum atomic E-state index is -1.26. The van der Waals surface area contributed by atoms with Crippen LogP contribution >= 0.6 is 0 Å². The van der Waals surface area contributed by atoms with Crippen molar-refractivity contribution in [3.63, 3.8) is 0 Å². The van der Waals surface area contributed by atoms with Crippen LogP contribution in [0.15, 0.2) is 30.3 Å². The maximum Gasteiger partial charge on any atom is 0.334 e. The first kappa shape index (κ1) is 14.7. The van der Waals surface area contributed by atoms with Gasteiger partial charge in [0.05, 0.1) is 6.04 Å². The van der Waals surface area contributed by atoms with E-state index in [1.54, 1.807) is 6.92 Å². The molecule has 5 heteroatoms. The zero-order chi connectivity index (χ0) is 14.6. The van der Waals surface area contributed by atoms with Crippen molar-refractivity contribution < 1.29 is 14.3 Å². The lowest BCUT2D eigenvalue weighted by Gasteiger charge is -2.27. The van der Waals surface area contributed by atoms with Gasteiger partial charge in [0, 0.05) is 0 Å². The summed E-state index contributed by atoms with van der Waals surface area (Å²) in [5.74, 6) is -0.825. The van der Waals surface area contributed by atoms with Crippen molar-refractivity contribution in [2.45, 2.75) is 38.0 Å². The second kappa shape index (κ2) is 6.15. The third-order valence-corrected chi connectivity index (χ3v) is 3.55. The van der Waals surface area contributed by atoms with Gasteiger partial charge in [-0.2, -0.15) is 0 Å². The molecule has 0 unspecified atom stereocenters. The van der Waals surface area contributed by atoms with Gasteiger partial charge in [0.2, 0.25) is 0 Å². The van der Waals surface area contributed by atoms with Crippen LogP contribution < -0.4 is 11.1 Å². The van der Waals surface area contributed by atoms with Crippen molar-refractivity contribution >= 4 is 11.8 Å². The van der Waals surface area contributed by atoms with Gasteiger partial charge in [-0.3, -0.25) is 10.1 Å². The summed E-state index contributed by atoms with van der Waals surface area (Å²) in [7, 11) is 0. The maximum atomic E-state index is 12.3. The van der Waals surface area contributed by atoms with Gasteiger partial charge in [-0.1, -0.05) is 30.3 Å². The molecule has 1 fully saturated rings. The summed E-state index contributed by atoms with van der Waals surface area (Å²) >= 11 is 0. The predicted octanol–water partition coefficient (Wildman–Crippen LogP) is 0.768. The molecular formula is C15H20N2O3. The van der Waals surface area contributed by atoms with Crippen LogP contribution in [0.5, 0.6) is 0 Å². The molecule has 0 saturated carbocycles. The average Bonchev–Trinajstić information content (AvgIpc) is 2.95. The fraction of sp³-hybridized carbons (Fsp3) is 0.467. The first-order chi connectivity index (χ1) is 9.56. The lowest BCUT2D eigenvalue weighted by molar-refractivity contribution is -0.156. The van der Waals surface area contributed by atoms with E-state index >= 15 is 0 Å². The molecular weight excluding hydrogens is 256 g/mol. The third-order valence-electron chi connectivity index (χ3n) is 3.55. The summed E-state index contributed by atoms with van der Waals surface area (Å²) < 4.78 is 5.31. The summed E-state index contributed by atoms with van der Waals surface area (Å²) in [6, 6.07) is 8.69. The predicted molar refractivity (Wildman–Crippen MR) is 74.9 cm³/mol. The van der Waals surface area contributed by atoms with Crippen LogP contribution in [-0.2, 0) is 20.9 Å². The topological polar surface area (TPSA) is 81.4 Å². The van der Waals surface area contributed by atoms with E-state index in [-0.39, 0.29) is 12.4 Å². The minimum absolute atomic E-state index is 0.162. The monoisotopic (exact) mass is 276 g/mol. The number of nitrogens with one attached hydrogen (secondary N) is 1. The first-order valence-electron chi connectivity index (χ1n) is 6.82. The molecule has 0 bridgehead atoms. The molecule has 108 valence electrons. The molecule has 1 aromatic carbocycles. The van der Waals surface area contributed by atoms with Crippen LogP contribution in [0.2, 0.25) is 0 Å². The van der Waals surface area contributed by atoms with E-state index in [9.17, 15) is 9.59 Å². The van der Waals surface area contributed by atoms with Crippen molar-refractivity contribution in [1.82, 2.24) is 5.32 Å². The number of hydrogen-bond acceptors (Lipinski definition) is 5. The Morgan fingerprint density at radius 2 is 2.10 bits per heavy atom. The molecule has 5 nitrogen and oxygen atoms in total. The van der Waals surface area contributed by atoms with E-state index < -0.39 is 17.6 Å². The van der Waals surface area contributed by atoms with Crippen LogP contribution in [0, 0.1) is 0 Å². The molecule has 1 saturated heterocycles. The molecule has 1 heterocycles. The van der Waals surface area contributed by atoms with Gasteiger partial charge >= 0.3 is 5.97 Å². The average molecular weight is 276 g/mol. The Morgan fingerprint density at radius 1 is 1.40 bits per heavy atom. The van der Waals surface area contributed by atoms with Gasteiger partial charge < -0.3 is 10.5 Å². The fourth-order valence-corrected chi connectivity index (χ4v) is 2.46. The molecule has 1 aliphatic rings. The van der Waals surface area contributed by atoms with E-state index in [0.29, 0.717) is 13.0 Å². The largest absolute Gasteiger partial charge is 0.459 e. The Hall–Kier alpha value is -1.72. The van der Waals surface area contributed by atoms with E-state index in [1.807, 2.05) is 30.3 Å². The third kappa shape index (κ3) is 2.89. The molecule has 1 aromatic rings. The summed E-state index contributed by atoms with van der Waals surface area (Å²) in [6.07, 6.45) is 1.21. The highest BCUT2D eigenvalue weighted by atomic mass is 16.5. The van der Waals surface area contributed by atoms with Crippen molar-refractivity contribution in [2.75, 3.05) is 6.54 Å². The van der Waals surface area contributed by atoms with E-state index in [1.165, 1.54) is 0 Å². The Bertz CT molecular complexity index is 479. The van der Waals surface area contributed by atoms with Gasteiger partial charge in [0.25, 0.3) is 0 Å². The normalized spacial score (nSPS) is 23.3. The molecule has 1 aliphatic heterocycles. The Balaban J connectivity index is 2.06. The van der Waals surface area contributed by atoms with Gasteiger partial charge in [-0.15, -0.1) is 0 Å². The van der Waals surface area contributed by atoms with Crippen molar-refractivity contribution in [3.05, 3.63) is 35.9 Å². The van der Waals surface area contributed by atoms with E-state index in [2.05, 4.69) is 5.32 Å². The quantitative estimate of drug-likeness (QED) is 0.613. The molecule has 0 radical (unpaired) electrons. The second-order valence-corrected chi connectivity index (χ2v) is 5.15. The SMILES string of the molecule is C[C@H](N)C(=O)[C@@]1(C(=O)OCc2ccccc2)CCCN1. The van der Waals surface area contributed by atoms with Crippen molar-refractivity contribution in [1.29, 1.82) is 0 Å². The maximum absolute atomic E-state index is 12.3. The molecule has 0 aliphatic carbocycles. The van der Waals surface area contributed by atoms with Gasteiger partial charge in [-0.05, 0) is 31.9 Å². The summed E-state index contributed by atoms with van der Waals surface area (Å²) in [4.78, 5) is 24.6. The molecule has 2 rings (SSSR count). The van der Waals surface area contributed by atoms with Crippen LogP contribution in [0.4, 0.5) is 0 Å². The smallest absolute Gasteiger partial charge is 0.334 e. The lowest BCUT2D eigenvalue weighted by Crippen LogP contribution is -2.59. The number of carbonyl (C=O) groups is 2. The van der Waals surface area contributed by atoms with Crippen LogP contribution in [-0.4, -0.2) is 29.9 Å². The first-order valence-corrected chi connectivity index (χ1v) is 6.82. The number of nitrogens with two attached hydrogens (primary N) is 1. The number of hydrogen-bond donors (Lipinski definition) is 2. The molecule has 0 aromatic heterocycles. The number of Topliss-reactive ketones (excluding diaryl/α,β-unsaturated/α-hetero) is 1. The molecule has 0 spiro atoms. The Morgan fingerprint density at radius 3 is 2.65 bits per heavy atom. The lowest BCUT2D eigenvalue weighted by atomic mass is 9.88. The molecule has 20 heavy (non-hydrogen) atoms. The summed E-state index contributed by atoms with van der Waals surface area (Å²) in [5, 5.41) is 2.98. The second-order valence-electron chi connectivity index (χ2n) is 5.15. The number of rotatable bonds is 5. The van der Waals surface area contributed by atoms with Crippen LogP contribution in [0.1, 0.15) is 25.3 Å². The number of carbonyl (C=O) groups excluding carboxylic acids is 2. The van der Waals surface area contributed by atoms with Gasteiger partial charge in [0.15, 0.2) is 11.3 Å². The van der Waals surface area contributed by atoms with Crippen molar-refractivity contribution in [2.24, 2.45) is 5.73 Å². The molecule has 3 N–H and O–H groups in total. The minimum Gasteiger partial charge on any atom is -0.459 e. The number of benzene rings is 1. The highest BCUT2D eigenvalue weighted by molar-refractivity contribution is 6.10. The fourth-order valence-electron chi connectivity index (χ4n) is 2.46. The van der Waals surface area contributed by atoms with Crippen LogP contribution in [0.3, 0.4) is 0 Å². The van der Waals surface area contributed by atoms with Crippen molar-refractivity contribution in [3.8, 4) is 0 Å². The number of esters is 1. The number of ether oxygens (including phenoxy) is 1. The van der Waals surface area contributed by atoms with Gasteiger partial charge in [0.1, 0.15) is 6.61 Å². The zero-order valence-electron chi connectivity index (χ0n) is 11.6. The summed E-state index contributed by atoms with van der Waals surface area (Å²) in [5.41, 5.74) is 5.28. The highest BCUT2D eigenvalue weighted by Gasteiger charge is 2.50. The van der Waals surface area contributed by atoms with Crippen LogP contribution in [0.25, 0.3) is 0 Å². The summed E-state index contributed by atoms with van der Waals surface area (Å²) in [6.45, 7) is 2.38. The van der Waals surface area contributed by atoms with Gasteiger partial charge in [-0.25, -0.2) is 4.79 Å². The number of ketones is 1. The standard InChI is InChI=1S/C15H20N2O3/c1-11(16)13(18)15(8-5-9-17-15)14(19)20-10-12-6-3-2-4-7-12/h2-4,6-7,11,17H,5,8-10,16H2,1H3/t11-,15+/m0/s1.